The van der Waals surface area contributed by atoms with Crippen LogP contribution in [0.4, 0.5) is 5.69 Å². The first-order valence-electron chi connectivity index (χ1n) is 9.44. The summed E-state index contributed by atoms with van der Waals surface area (Å²) in [6.07, 6.45) is 0.894. The molecule has 0 saturated heterocycles. The Kier molecular flexibility index (Phi) is 6.39. The zero-order valence-electron chi connectivity index (χ0n) is 16.6. The van der Waals surface area contributed by atoms with Gasteiger partial charge in [0.05, 0.1) is 24.5 Å². The molecule has 29 heavy (non-hydrogen) atoms. The van der Waals surface area contributed by atoms with E-state index in [1.165, 1.54) is 10.4 Å². The minimum atomic E-state index is -3.61. The number of benzene rings is 2. The van der Waals surface area contributed by atoms with Crippen molar-refractivity contribution in [3.05, 3.63) is 59.1 Å². The summed E-state index contributed by atoms with van der Waals surface area (Å²) >= 11 is 6.02. The maximum atomic E-state index is 13.0. The normalized spacial score (nSPS) is 17.4. The van der Waals surface area contributed by atoms with Crippen LogP contribution in [0.15, 0.2) is 48.5 Å². The summed E-state index contributed by atoms with van der Waals surface area (Å²) in [6, 6.07) is 14.2. The van der Waals surface area contributed by atoms with Crippen molar-refractivity contribution in [1.29, 1.82) is 0 Å². The molecule has 0 aliphatic carbocycles. The van der Waals surface area contributed by atoms with Crippen molar-refractivity contribution < 1.29 is 17.9 Å². The summed E-state index contributed by atoms with van der Waals surface area (Å²) in [6.45, 7) is 4.07. The van der Waals surface area contributed by atoms with Crippen LogP contribution < -0.4 is 14.4 Å². The molecule has 1 aliphatic heterocycles. The lowest BCUT2D eigenvalue weighted by atomic mass is 9.96. The number of carbonyl (C=O) groups is 1. The minimum absolute atomic E-state index is 0.110. The van der Waals surface area contributed by atoms with E-state index in [2.05, 4.69) is 19.2 Å². The van der Waals surface area contributed by atoms with Crippen molar-refractivity contribution in [3.63, 3.8) is 0 Å². The van der Waals surface area contributed by atoms with Crippen LogP contribution in [0.25, 0.3) is 0 Å². The zero-order chi connectivity index (χ0) is 21.2. The van der Waals surface area contributed by atoms with Crippen LogP contribution in [-0.2, 0) is 14.8 Å². The maximum absolute atomic E-state index is 13.0. The summed E-state index contributed by atoms with van der Waals surface area (Å²) < 4.78 is 31.6. The number of carbonyl (C=O) groups excluding carboxylic acids is 1. The van der Waals surface area contributed by atoms with E-state index in [1.807, 2.05) is 30.3 Å². The molecule has 1 N–H and O–H groups in total. The van der Waals surface area contributed by atoms with Crippen molar-refractivity contribution in [2.45, 2.75) is 32.4 Å². The van der Waals surface area contributed by atoms with Gasteiger partial charge in [0.1, 0.15) is 5.75 Å². The van der Waals surface area contributed by atoms with Crippen LogP contribution >= 0.6 is 11.6 Å². The highest BCUT2D eigenvalue weighted by molar-refractivity contribution is 7.92. The molecule has 0 spiro atoms. The second-order valence-electron chi connectivity index (χ2n) is 7.61. The van der Waals surface area contributed by atoms with Crippen LogP contribution in [0.3, 0.4) is 0 Å². The van der Waals surface area contributed by atoms with E-state index < -0.39 is 16.1 Å². The number of halogens is 1. The molecule has 156 valence electrons. The SMILES string of the molecule is CC(C)C[C@@H](NC(=O)[C@@H]1CN(S(C)(=O)=O)c2cc(Cl)ccc2O1)c1ccccc1. The number of rotatable bonds is 6. The molecular formula is C21H25ClN2O4S. The van der Waals surface area contributed by atoms with Gasteiger partial charge in [0.25, 0.3) is 5.91 Å². The van der Waals surface area contributed by atoms with Gasteiger partial charge in [-0.2, -0.15) is 0 Å². The van der Waals surface area contributed by atoms with Crippen molar-refractivity contribution in [2.24, 2.45) is 5.92 Å². The number of hydrogen-bond acceptors (Lipinski definition) is 4. The molecule has 1 amide bonds. The monoisotopic (exact) mass is 436 g/mol. The van der Waals surface area contributed by atoms with E-state index in [0.717, 1.165) is 18.2 Å². The average molecular weight is 437 g/mol. The maximum Gasteiger partial charge on any atom is 0.263 e. The molecule has 8 heteroatoms. The molecule has 0 unspecified atom stereocenters. The number of amides is 1. The number of sulfonamides is 1. The van der Waals surface area contributed by atoms with Crippen molar-refractivity contribution in [2.75, 3.05) is 17.1 Å². The van der Waals surface area contributed by atoms with Gasteiger partial charge in [-0.05, 0) is 36.1 Å². The van der Waals surface area contributed by atoms with Gasteiger partial charge in [-0.25, -0.2) is 8.42 Å². The number of hydrogen-bond donors (Lipinski definition) is 1. The summed E-state index contributed by atoms with van der Waals surface area (Å²) in [5.41, 5.74) is 1.34. The molecule has 0 radical (unpaired) electrons. The Labute approximate surface area is 176 Å². The molecule has 0 fully saturated rings. The lowest BCUT2D eigenvalue weighted by Gasteiger charge is -2.35. The van der Waals surface area contributed by atoms with E-state index >= 15 is 0 Å². The summed E-state index contributed by atoms with van der Waals surface area (Å²) in [7, 11) is -3.61. The molecule has 2 atom stereocenters. The second kappa shape index (κ2) is 8.63. The van der Waals surface area contributed by atoms with Crippen molar-refractivity contribution >= 4 is 33.2 Å². The first-order chi connectivity index (χ1) is 13.6. The molecular weight excluding hydrogens is 412 g/mol. The van der Waals surface area contributed by atoms with Crippen LogP contribution in [-0.4, -0.2) is 33.2 Å². The summed E-state index contributed by atoms with van der Waals surface area (Å²) in [5.74, 6) is 0.322. The number of nitrogens with zero attached hydrogens (tertiary/aromatic N) is 1. The van der Waals surface area contributed by atoms with Crippen molar-refractivity contribution in [1.82, 2.24) is 5.32 Å². The standard InChI is InChI=1S/C21H25ClN2O4S/c1-14(2)11-17(15-7-5-4-6-8-15)23-21(25)20-13-24(29(3,26)27)18-12-16(22)9-10-19(18)28-20/h4-10,12,14,17,20H,11,13H2,1-3H3,(H,23,25)/t17-,20+/m1/s1. The minimum Gasteiger partial charge on any atom is -0.476 e. The van der Waals surface area contributed by atoms with Gasteiger partial charge in [-0.3, -0.25) is 9.10 Å². The van der Waals surface area contributed by atoms with Gasteiger partial charge in [0.2, 0.25) is 10.0 Å². The lowest BCUT2D eigenvalue weighted by Crippen LogP contribution is -2.51. The molecule has 0 aromatic heterocycles. The Balaban J connectivity index is 1.86. The van der Waals surface area contributed by atoms with Gasteiger partial charge in [-0.15, -0.1) is 0 Å². The third kappa shape index (κ3) is 5.22. The molecule has 2 aromatic carbocycles. The van der Waals surface area contributed by atoms with Crippen LogP contribution in [0.5, 0.6) is 5.75 Å². The Hall–Kier alpha value is -2.25. The predicted molar refractivity (Wildman–Crippen MR) is 115 cm³/mol. The molecule has 6 nitrogen and oxygen atoms in total. The van der Waals surface area contributed by atoms with Gasteiger partial charge < -0.3 is 10.1 Å². The van der Waals surface area contributed by atoms with Crippen LogP contribution in [0, 0.1) is 5.92 Å². The fourth-order valence-electron chi connectivity index (χ4n) is 3.37. The third-order valence-corrected chi connectivity index (χ3v) is 6.09. The third-order valence-electron chi connectivity index (χ3n) is 4.71. The smallest absolute Gasteiger partial charge is 0.263 e. The van der Waals surface area contributed by atoms with E-state index in [1.54, 1.807) is 12.1 Å². The second-order valence-corrected chi connectivity index (χ2v) is 9.96. The quantitative estimate of drug-likeness (QED) is 0.747. The predicted octanol–water partition coefficient (Wildman–Crippen LogP) is 3.77. The highest BCUT2D eigenvalue weighted by Gasteiger charge is 2.36. The number of ether oxygens (including phenoxy) is 1. The van der Waals surface area contributed by atoms with E-state index in [-0.39, 0.29) is 18.5 Å². The van der Waals surface area contributed by atoms with Crippen molar-refractivity contribution in [3.8, 4) is 5.75 Å². The Bertz CT molecular complexity index is 979. The van der Waals surface area contributed by atoms with Gasteiger partial charge in [0, 0.05) is 5.02 Å². The highest BCUT2D eigenvalue weighted by Crippen LogP contribution is 2.37. The number of anilines is 1. The Morgan fingerprint density at radius 1 is 1.24 bits per heavy atom. The zero-order valence-corrected chi connectivity index (χ0v) is 18.2. The Morgan fingerprint density at radius 3 is 2.55 bits per heavy atom. The molecule has 1 heterocycles. The highest BCUT2D eigenvalue weighted by atomic mass is 35.5. The lowest BCUT2D eigenvalue weighted by molar-refractivity contribution is -0.128. The van der Waals surface area contributed by atoms with Gasteiger partial charge in [-0.1, -0.05) is 55.8 Å². The largest absolute Gasteiger partial charge is 0.476 e. The van der Waals surface area contributed by atoms with Crippen LogP contribution in [0.1, 0.15) is 31.9 Å². The van der Waals surface area contributed by atoms with Gasteiger partial charge >= 0.3 is 0 Å². The Morgan fingerprint density at radius 2 is 1.93 bits per heavy atom. The molecule has 2 aromatic rings. The first-order valence-corrected chi connectivity index (χ1v) is 11.7. The topological polar surface area (TPSA) is 75.7 Å². The summed E-state index contributed by atoms with van der Waals surface area (Å²) in [5, 5.41) is 3.43. The number of nitrogens with one attached hydrogen (secondary N) is 1. The average Bonchev–Trinajstić information content (AvgIpc) is 2.66. The molecule has 1 aliphatic rings. The van der Waals surface area contributed by atoms with Gasteiger partial charge in [0.15, 0.2) is 6.10 Å². The van der Waals surface area contributed by atoms with E-state index in [9.17, 15) is 13.2 Å². The summed E-state index contributed by atoms with van der Waals surface area (Å²) in [4.78, 5) is 13.0. The molecule has 0 bridgehead atoms. The fraction of sp³-hybridized carbons (Fsp3) is 0.381. The van der Waals surface area contributed by atoms with Crippen LogP contribution in [0.2, 0.25) is 5.02 Å². The fourth-order valence-corrected chi connectivity index (χ4v) is 4.45. The first kappa shape index (κ1) is 21.5. The van der Waals surface area contributed by atoms with E-state index in [0.29, 0.717) is 22.4 Å². The van der Waals surface area contributed by atoms with E-state index in [4.69, 9.17) is 16.3 Å². The number of fused-ring (bicyclic) bond motifs is 1. The molecule has 3 rings (SSSR count). The molecule has 0 saturated carbocycles.